The van der Waals surface area contributed by atoms with Gasteiger partial charge in [-0.05, 0) is 93.8 Å². The van der Waals surface area contributed by atoms with Crippen LogP contribution in [-0.2, 0) is 26.1 Å². The summed E-state index contributed by atoms with van der Waals surface area (Å²) in [5, 5.41) is 9.41. The largest absolute Gasteiger partial charge is 0.497 e. The van der Waals surface area contributed by atoms with E-state index in [0.29, 0.717) is 48.0 Å². The second-order valence-corrected chi connectivity index (χ2v) is 15.9. The molecule has 2 heterocycles. The van der Waals surface area contributed by atoms with Crippen molar-refractivity contribution < 1.29 is 45.9 Å². The number of hydrogen-bond donors (Lipinski definition) is 2. The number of sulfonamides is 1. The van der Waals surface area contributed by atoms with E-state index in [-0.39, 0.29) is 55.2 Å². The van der Waals surface area contributed by atoms with Crippen LogP contribution in [0, 0.1) is 25.6 Å². The number of carbonyl (C=O) groups excluding carboxylic acids is 2. The number of anilines is 2. The summed E-state index contributed by atoms with van der Waals surface area (Å²) in [5.74, 6) is 0.218. The normalized spacial score (nSPS) is 17.5. The Hall–Kier alpha value is -5.03. The molecule has 1 aliphatic rings. The number of aryl methyl sites for hydroxylation is 2. The number of nitrogens with zero attached hydrogens (tertiary/aromatic N) is 3. The Bertz CT molecular complexity index is 2020. The molecule has 0 fully saturated rings. The number of likely N-dealkylation sites (N-methyl/N-ethyl adjacent to an activating group) is 1. The van der Waals surface area contributed by atoms with Crippen LogP contribution in [0.3, 0.4) is 0 Å². The summed E-state index contributed by atoms with van der Waals surface area (Å²) in [7, 11) is -0.934. The molecular formula is C40H50FN5O9S. The molecule has 3 amide bonds. The molecule has 2 N–H and O–H groups in total. The van der Waals surface area contributed by atoms with Crippen molar-refractivity contribution in [3.63, 3.8) is 0 Å². The Labute approximate surface area is 327 Å². The molecule has 0 aliphatic carbocycles. The molecule has 4 aromatic rings. The van der Waals surface area contributed by atoms with Gasteiger partial charge in [0, 0.05) is 38.3 Å². The predicted molar refractivity (Wildman–Crippen MR) is 208 cm³/mol. The predicted octanol–water partition coefficient (Wildman–Crippen LogP) is 6.65. The van der Waals surface area contributed by atoms with Crippen molar-refractivity contribution in [1.82, 2.24) is 14.4 Å². The van der Waals surface area contributed by atoms with Gasteiger partial charge in [0.15, 0.2) is 5.76 Å². The van der Waals surface area contributed by atoms with Crippen molar-refractivity contribution in [1.29, 1.82) is 0 Å². The second-order valence-electron chi connectivity index (χ2n) is 13.8. The van der Waals surface area contributed by atoms with Gasteiger partial charge in [-0.2, -0.15) is 4.31 Å². The first kappa shape index (κ1) is 42.1. The van der Waals surface area contributed by atoms with E-state index in [1.165, 1.54) is 23.5 Å². The number of rotatable bonds is 12. The van der Waals surface area contributed by atoms with E-state index in [9.17, 15) is 22.4 Å². The van der Waals surface area contributed by atoms with Gasteiger partial charge in [-0.25, -0.2) is 17.6 Å². The van der Waals surface area contributed by atoms with E-state index >= 15 is 0 Å². The average Bonchev–Trinajstić information content (AvgIpc) is 3.50. The highest BCUT2D eigenvalue weighted by atomic mass is 32.2. The first-order valence-electron chi connectivity index (χ1n) is 18.4. The molecule has 16 heteroatoms. The summed E-state index contributed by atoms with van der Waals surface area (Å²) in [5.41, 5.74) is 2.46. The summed E-state index contributed by atoms with van der Waals surface area (Å²) in [6, 6.07) is 16.0. The number of aromatic nitrogens is 1. The van der Waals surface area contributed by atoms with Crippen LogP contribution in [0.2, 0.25) is 0 Å². The lowest BCUT2D eigenvalue weighted by molar-refractivity contribution is -0.0111. The number of urea groups is 1. The summed E-state index contributed by atoms with van der Waals surface area (Å²) in [4.78, 5) is 29.4. The minimum absolute atomic E-state index is 0.0212. The van der Waals surface area contributed by atoms with Crippen LogP contribution in [0.5, 0.6) is 11.5 Å². The molecule has 3 aromatic carbocycles. The molecule has 0 saturated heterocycles. The number of carbonyl (C=O) groups is 2. The van der Waals surface area contributed by atoms with Crippen molar-refractivity contribution in [2.75, 3.05) is 57.7 Å². The Morgan fingerprint density at radius 2 is 1.77 bits per heavy atom. The smallest absolute Gasteiger partial charge is 0.323 e. The molecule has 0 bridgehead atoms. The van der Waals surface area contributed by atoms with Crippen molar-refractivity contribution in [2.24, 2.45) is 5.92 Å². The van der Waals surface area contributed by atoms with Gasteiger partial charge in [-0.15, -0.1) is 0 Å². The van der Waals surface area contributed by atoms with Gasteiger partial charge in [0.25, 0.3) is 5.91 Å². The molecule has 0 unspecified atom stereocenters. The molecule has 1 aromatic heterocycles. The van der Waals surface area contributed by atoms with Crippen LogP contribution < -0.4 is 20.1 Å². The molecule has 56 heavy (non-hydrogen) atoms. The zero-order chi connectivity index (χ0) is 40.4. The van der Waals surface area contributed by atoms with E-state index in [1.807, 2.05) is 38.1 Å². The van der Waals surface area contributed by atoms with Gasteiger partial charge in [0.1, 0.15) is 28.7 Å². The lowest BCUT2D eigenvalue weighted by Crippen LogP contribution is -2.48. The van der Waals surface area contributed by atoms with E-state index in [2.05, 4.69) is 15.8 Å². The SMILES string of the molecule is COc1ccc(COC[C@@H](C)N2C[C@H](C)[C@H](CN(C)S(=O)(=O)c3ccc(F)cc3)OCCCCOc3ccc(NC(=O)Nc4c(C)noc4C)cc3C2=O)cc1. The Kier molecular flexibility index (Phi) is 14.5. The number of nitrogens with one attached hydrogen (secondary N) is 2. The number of ether oxygens (including phenoxy) is 4. The van der Waals surface area contributed by atoms with E-state index in [1.54, 1.807) is 44.1 Å². The first-order valence-corrected chi connectivity index (χ1v) is 19.8. The van der Waals surface area contributed by atoms with Crippen molar-refractivity contribution in [3.8, 4) is 11.5 Å². The van der Waals surface area contributed by atoms with Crippen molar-refractivity contribution in [2.45, 2.75) is 64.2 Å². The average molecular weight is 796 g/mol. The monoisotopic (exact) mass is 795 g/mol. The molecule has 14 nitrogen and oxygen atoms in total. The third-order valence-corrected chi connectivity index (χ3v) is 11.4. The quantitative estimate of drug-likeness (QED) is 0.159. The maximum Gasteiger partial charge on any atom is 0.323 e. The third-order valence-electron chi connectivity index (χ3n) is 9.53. The van der Waals surface area contributed by atoms with Crippen LogP contribution in [0.25, 0.3) is 0 Å². The minimum Gasteiger partial charge on any atom is -0.497 e. The Morgan fingerprint density at radius 1 is 1.05 bits per heavy atom. The van der Waals surface area contributed by atoms with Crippen LogP contribution >= 0.6 is 0 Å². The fraction of sp³-hybridized carbons (Fsp3) is 0.425. The number of fused-ring (bicyclic) bond motifs is 1. The van der Waals surface area contributed by atoms with Crippen LogP contribution in [-0.4, -0.2) is 93.9 Å². The molecule has 3 atom stereocenters. The van der Waals surface area contributed by atoms with Gasteiger partial charge in [-0.3, -0.25) is 4.79 Å². The van der Waals surface area contributed by atoms with Crippen LogP contribution in [0.1, 0.15) is 54.1 Å². The molecule has 0 saturated carbocycles. The molecule has 0 spiro atoms. The van der Waals surface area contributed by atoms with Crippen molar-refractivity contribution >= 4 is 33.3 Å². The maximum atomic E-state index is 14.8. The fourth-order valence-electron chi connectivity index (χ4n) is 6.20. The topological polar surface area (TPSA) is 162 Å². The maximum absolute atomic E-state index is 14.8. The van der Waals surface area contributed by atoms with Gasteiger partial charge in [0.2, 0.25) is 10.0 Å². The van der Waals surface area contributed by atoms with Gasteiger partial charge in [-0.1, -0.05) is 24.2 Å². The third kappa shape index (κ3) is 10.8. The molecule has 302 valence electrons. The van der Waals surface area contributed by atoms with E-state index in [4.69, 9.17) is 23.5 Å². The highest BCUT2D eigenvalue weighted by molar-refractivity contribution is 7.89. The standard InChI is InChI=1S/C40H50FN5O9S/c1-26-22-46(27(2)24-52-25-30-9-14-33(51-6)15-10-30)39(47)35-21-32(42-40(48)43-38-28(3)44-55-29(38)4)13-18-36(35)53-19-7-8-20-54-37(26)23-45(5)56(49,50)34-16-11-31(41)12-17-34/h9-18,21,26-27,37H,7-8,19-20,22-25H2,1-6H3,(H2,42,43,48)/t26-,27+,37-/m0/s1. The zero-order valence-corrected chi connectivity index (χ0v) is 33.4. The van der Waals surface area contributed by atoms with E-state index in [0.717, 1.165) is 23.4 Å². The summed E-state index contributed by atoms with van der Waals surface area (Å²) < 4.78 is 70.9. The molecular weight excluding hydrogens is 746 g/mol. The van der Waals surface area contributed by atoms with Crippen LogP contribution in [0.4, 0.5) is 20.6 Å². The number of amides is 3. The lowest BCUT2D eigenvalue weighted by atomic mass is 10.0. The van der Waals surface area contributed by atoms with E-state index < -0.39 is 34.0 Å². The number of benzene rings is 3. The first-order chi connectivity index (χ1) is 26.8. The van der Waals surface area contributed by atoms with Crippen molar-refractivity contribution in [3.05, 3.63) is 95.1 Å². The zero-order valence-electron chi connectivity index (χ0n) is 32.5. The summed E-state index contributed by atoms with van der Waals surface area (Å²) in [6.07, 6.45) is 0.583. The Morgan fingerprint density at radius 3 is 2.45 bits per heavy atom. The summed E-state index contributed by atoms with van der Waals surface area (Å²) >= 11 is 0. The minimum atomic E-state index is -3.98. The molecule has 0 radical (unpaired) electrons. The summed E-state index contributed by atoms with van der Waals surface area (Å²) in [6.45, 7) is 8.38. The van der Waals surface area contributed by atoms with Crippen LogP contribution in [0.15, 0.2) is 76.1 Å². The lowest BCUT2D eigenvalue weighted by Gasteiger charge is -2.35. The second kappa shape index (κ2) is 19.2. The number of hydrogen-bond acceptors (Lipinski definition) is 10. The Balaban J connectivity index is 1.42. The highest BCUT2D eigenvalue weighted by Crippen LogP contribution is 2.29. The van der Waals surface area contributed by atoms with Gasteiger partial charge in [0.05, 0.1) is 49.5 Å². The number of methoxy groups -OCH3 is 1. The highest BCUT2D eigenvalue weighted by Gasteiger charge is 2.33. The van der Waals surface area contributed by atoms with Gasteiger partial charge >= 0.3 is 6.03 Å². The molecule has 1 aliphatic heterocycles. The molecule has 5 rings (SSSR count). The number of halogens is 1. The van der Waals surface area contributed by atoms with Gasteiger partial charge < -0.3 is 39.0 Å². The fourth-order valence-corrected chi connectivity index (χ4v) is 7.38.